The molecule has 0 saturated heterocycles. The number of thioether (sulfide) groups is 1. The Bertz CT molecular complexity index is 722. The molecule has 0 fully saturated rings. The van der Waals surface area contributed by atoms with Crippen LogP contribution in [0.25, 0.3) is 10.7 Å². The Morgan fingerprint density at radius 3 is 3.10 bits per heavy atom. The van der Waals surface area contributed by atoms with Crippen LogP contribution in [0.5, 0.6) is 0 Å². The second-order valence-electron chi connectivity index (χ2n) is 3.88. The molecular weight excluding hydrogens is 312 g/mol. The van der Waals surface area contributed by atoms with Crippen LogP contribution in [-0.4, -0.2) is 31.7 Å². The Kier molecular flexibility index (Phi) is 3.88. The van der Waals surface area contributed by atoms with Crippen molar-refractivity contribution in [1.82, 2.24) is 20.0 Å². The predicted octanol–water partition coefficient (Wildman–Crippen LogP) is 1.44. The zero-order chi connectivity index (χ0) is 14.7. The van der Waals surface area contributed by atoms with E-state index in [2.05, 4.69) is 25.2 Å². The van der Waals surface area contributed by atoms with Gasteiger partial charge in [0.2, 0.25) is 11.1 Å². The number of carbonyl (C=O) groups is 1. The Balaban J connectivity index is 1.62. The number of nitrogens with one attached hydrogen (secondary N) is 1. The number of nitrogen functional groups attached to an aromatic ring is 1. The van der Waals surface area contributed by atoms with Crippen LogP contribution in [0.1, 0.15) is 0 Å². The van der Waals surface area contributed by atoms with E-state index in [4.69, 9.17) is 5.84 Å². The van der Waals surface area contributed by atoms with Gasteiger partial charge in [-0.25, -0.2) is 4.68 Å². The fourth-order valence-electron chi connectivity index (χ4n) is 1.54. The standard InChI is InChI=1S/C11H10N6O2S2/c12-17-10(7-2-1-5-20-7)14-15-11(17)21-6-9(18)13-8-3-4-19-16-8/h1-5H,6,12H2,(H,13,16,18). The van der Waals surface area contributed by atoms with Crippen LogP contribution >= 0.6 is 23.1 Å². The summed E-state index contributed by atoms with van der Waals surface area (Å²) in [5, 5.41) is 16.6. The SMILES string of the molecule is Nn1c(SCC(=O)Nc2ccon2)nnc1-c1cccs1. The summed E-state index contributed by atoms with van der Waals surface area (Å²) in [4.78, 5) is 12.6. The van der Waals surface area contributed by atoms with Crippen LogP contribution in [0, 0.1) is 0 Å². The summed E-state index contributed by atoms with van der Waals surface area (Å²) in [6, 6.07) is 5.37. The molecule has 3 rings (SSSR count). The van der Waals surface area contributed by atoms with E-state index >= 15 is 0 Å². The van der Waals surface area contributed by atoms with Crippen LogP contribution in [0.4, 0.5) is 5.82 Å². The first kappa shape index (κ1) is 13.6. The molecule has 108 valence electrons. The van der Waals surface area contributed by atoms with Gasteiger partial charge in [-0.15, -0.1) is 21.5 Å². The number of hydrogen-bond acceptors (Lipinski definition) is 8. The normalized spacial score (nSPS) is 10.7. The minimum absolute atomic E-state index is 0.145. The van der Waals surface area contributed by atoms with E-state index in [-0.39, 0.29) is 11.7 Å². The van der Waals surface area contributed by atoms with E-state index in [0.717, 1.165) is 4.88 Å². The lowest BCUT2D eigenvalue weighted by molar-refractivity contribution is -0.113. The molecule has 0 unspecified atom stereocenters. The highest BCUT2D eigenvalue weighted by molar-refractivity contribution is 7.99. The molecule has 10 heteroatoms. The lowest BCUT2D eigenvalue weighted by Gasteiger charge is -2.02. The smallest absolute Gasteiger partial charge is 0.236 e. The van der Waals surface area contributed by atoms with Crippen LogP contribution < -0.4 is 11.2 Å². The van der Waals surface area contributed by atoms with Gasteiger partial charge < -0.3 is 15.7 Å². The molecule has 1 amide bonds. The molecule has 0 bridgehead atoms. The van der Waals surface area contributed by atoms with Crippen LogP contribution in [0.2, 0.25) is 0 Å². The van der Waals surface area contributed by atoms with Crippen molar-refractivity contribution in [3.8, 4) is 10.7 Å². The molecule has 3 N–H and O–H groups in total. The molecule has 0 radical (unpaired) electrons. The highest BCUT2D eigenvalue weighted by Gasteiger charge is 2.14. The second-order valence-corrected chi connectivity index (χ2v) is 5.77. The summed E-state index contributed by atoms with van der Waals surface area (Å²) in [5.74, 6) is 6.80. The number of carbonyl (C=O) groups excluding carboxylic acids is 1. The van der Waals surface area contributed by atoms with E-state index in [9.17, 15) is 4.79 Å². The fraction of sp³-hybridized carbons (Fsp3) is 0.0909. The fourth-order valence-corrected chi connectivity index (χ4v) is 2.90. The van der Waals surface area contributed by atoms with E-state index in [1.54, 1.807) is 6.07 Å². The third-order valence-corrected chi connectivity index (χ3v) is 4.25. The average molecular weight is 322 g/mol. The number of nitrogens with zero attached hydrogens (tertiary/aromatic N) is 4. The van der Waals surface area contributed by atoms with Gasteiger partial charge in [-0.1, -0.05) is 23.0 Å². The first-order chi connectivity index (χ1) is 10.2. The second kappa shape index (κ2) is 5.97. The summed E-state index contributed by atoms with van der Waals surface area (Å²) in [7, 11) is 0. The number of aromatic nitrogens is 4. The summed E-state index contributed by atoms with van der Waals surface area (Å²) in [6.45, 7) is 0. The minimum Gasteiger partial charge on any atom is -0.363 e. The average Bonchev–Trinajstić information content (AvgIpc) is 3.18. The highest BCUT2D eigenvalue weighted by Crippen LogP contribution is 2.25. The maximum absolute atomic E-state index is 11.7. The summed E-state index contributed by atoms with van der Waals surface area (Å²) in [6.07, 6.45) is 1.38. The zero-order valence-corrected chi connectivity index (χ0v) is 12.2. The summed E-state index contributed by atoms with van der Waals surface area (Å²) < 4.78 is 6.00. The van der Waals surface area contributed by atoms with Crippen molar-refractivity contribution < 1.29 is 9.32 Å². The number of anilines is 1. The molecule has 0 spiro atoms. The number of rotatable bonds is 5. The monoisotopic (exact) mass is 322 g/mol. The number of thiophene rings is 1. The molecular formula is C11H10N6O2S2. The van der Waals surface area contributed by atoms with Gasteiger partial charge in [0.05, 0.1) is 10.6 Å². The molecule has 0 aliphatic heterocycles. The van der Waals surface area contributed by atoms with Gasteiger partial charge in [-0.2, -0.15) is 0 Å². The predicted molar refractivity (Wildman–Crippen MR) is 79.3 cm³/mol. The Morgan fingerprint density at radius 2 is 2.38 bits per heavy atom. The molecule has 3 aromatic heterocycles. The summed E-state index contributed by atoms with van der Waals surface area (Å²) in [5.41, 5.74) is 0. The largest absolute Gasteiger partial charge is 0.363 e. The quantitative estimate of drug-likeness (QED) is 0.540. The maximum atomic E-state index is 11.7. The van der Waals surface area contributed by atoms with Crippen molar-refractivity contribution in [2.45, 2.75) is 5.16 Å². The van der Waals surface area contributed by atoms with Gasteiger partial charge in [-0.05, 0) is 11.4 Å². The van der Waals surface area contributed by atoms with Crippen LogP contribution in [-0.2, 0) is 4.79 Å². The van der Waals surface area contributed by atoms with E-state index in [1.165, 1.54) is 34.0 Å². The third-order valence-electron chi connectivity index (χ3n) is 2.44. The molecule has 0 atom stereocenters. The molecule has 0 saturated carbocycles. The molecule has 8 nitrogen and oxygen atoms in total. The van der Waals surface area contributed by atoms with Gasteiger partial charge in [-0.3, -0.25) is 4.79 Å². The van der Waals surface area contributed by atoms with Crippen molar-refractivity contribution in [2.24, 2.45) is 0 Å². The molecule has 0 aromatic carbocycles. The van der Waals surface area contributed by atoms with Crippen molar-refractivity contribution >= 4 is 34.8 Å². The van der Waals surface area contributed by atoms with Gasteiger partial charge >= 0.3 is 0 Å². The van der Waals surface area contributed by atoms with Crippen molar-refractivity contribution in [3.05, 3.63) is 29.8 Å². The lowest BCUT2D eigenvalue weighted by Crippen LogP contribution is -2.16. The minimum atomic E-state index is -0.227. The maximum Gasteiger partial charge on any atom is 0.236 e. The number of nitrogens with two attached hydrogens (primary N) is 1. The third kappa shape index (κ3) is 3.06. The van der Waals surface area contributed by atoms with Crippen LogP contribution in [0.3, 0.4) is 0 Å². The first-order valence-electron chi connectivity index (χ1n) is 5.81. The number of amides is 1. The van der Waals surface area contributed by atoms with Crippen LogP contribution in [0.15, 0.2) is 39.5 Å². The van der Waals surface area contributed by atoms with Gasteiger partial charge in [0.1, 0.15) is 6.26 Å². The number of hydrogen-bond donors (Lipinski definition) is 2. The molecule has 3 aromatic rings. The van der Waals surface area contributed by atoms with E-state index < -0.39 is 0 Å². The topological polar surface area (TPSA) is 112 Å². The molecule has 0 aliphatic rings. The Labute approximate surface area is 127 Å². The summed E-state index contributed by atoms with van der Waals surface area (Å²) >= 11 is 2.71. The Hall–Kier alpha value is -2.33. The van der Waals surface area contributed by atoms with Gasteiger partial charge in [0, 0.05) is 6.07 Å². The zero-order valence-electron chi connectivity index (χ0n) is 10.6. The lowest BCUT2D eigenvalue weighted by atomic mass is 10.4. The molecule has 0 aliphatic carbocycles. The molecule has 21 heavy (non-hydrogen) atoms. The van der Waals surface area contributed by atoms with Crippen molar-refractivity contribution in [3.63, 3.8) is 0 Å². The van der Waals surface area contributed by atoms with E-state index in [0.29, 0.717) is 16.8 Å². The van der Waals surface area contributed by atoms with Gasteiger partial charge in [0.25, 0.3) is 0 Å². The van der Waals surface area contributed by atoms with Gasteiger partial charge in [0.15, 0.2) is 11.6 Å². The van der Waals surface area contributed by atoms with Crippen molar-refractivity contribution in [2.75, 3.05) is 16.9 Å². The highest BCUT2D eigenvalue weighted by atomic mass is 32.2. The van der Waals surface area contributed by atoms with E-state index in [1.807, 2.05) is 17.5 Å². The Morgan fingerprint density at radius 1 is 1.48 bits per heavy atom. The molecule has 3 heterocycles. The van der Waals surface area contributed by atoms with Crippen molar-refractivity contribution in [1.29, 1.82) is 0 Å². The first-order valence-corrected chi connectivity index (χ1v) is 7.68.